The molecule has 1 aliphatic carbocycles. The first-order valence-corrected chi connectivity index (χ1v) is 5.11. The number of hydrogen-bond acceptors (Lipinski definition) is 2. The standard InChI is InChI=1S/C10H11N3O2/c14-9-5-8-11-7-4-2-1-3-6(7)10(15)13(8)12-9/h5,11H,1-4H2,(H,12,14). The van der Waals surface area contributed by atoms with Gasteiger partial charge in [0.15, 0.2) is 0 Å². The molecule has 1 aliphatic rings. The van der Waals surface area contributed by atoms with Crippen molar-refractivity contribution in [3.63, 3.8) is 0 Å². The highest BCUT2D eigenvalue weighted by molar-refractivity contribution is 5.39. The van der Waals surface area contributed by atoms with Crippen molar-refractivity contribution in [2.45, 2.75) is 25.7 Å². The van der Waals surface area contributed by atoms with Gasteiger partial charge in [-0.3, -0.25) is 14.7 Å². The molecule has 0 unspecified atom stereocenters. The maximum absolute atomic E-state index is 12.0. The van der Waals surface area contributed by atoms with Crippen molar-refractivity contribution in [3.8, 4) is 0 Å². The van der Waals surface area contributed by atoms with Crippen molar-refractivity contribution in [3.05, 3.63) is 38.0 Å². The Bertz CT molecular complexity index is 632. The van der Waals surface area contributed by atoms with E-state index in [1.165, 1.54) is 10.6 Å². The number of aromatic amines is 2. The number of nitrogens with one attached hydrogen (secondary N) is 2. The predicted molar refractivity (Wildman–Crippen MR) is 55.3 cm³/mol. The van der Waals surface area contributed by atoms with Crippen LogP contribution in [0, 0.1) is 0 Å². The molecule has 5 heteroatoms. The van der Waals surface area contributed by atoms with Crippen molar-refractivity contribution in [2.24, 2.45) is 0 Å². The van der Waals surface area contributed by atoms with Crippen LogP contribution < -0.4 is 11.1 Å². The van der Waals surface area contributed by atoms with E-state index < -0.39 is 0 Å². The molecule has 2 aromatic rings. The van der Waals surface area contributed by atoms with Crippen LogP contribution in [0.1, 0.15) is 24.1 Å². The van der Waals surface area contributed by atoms with E-state index in [4.69, 9.17) is 0 Å². The van der Waals surface area contributed by atoms with Crippen LogP contribution in [0.4, 0.5) is 0 Å². The topological polar surface area (TPSA) is 70.1 Å². The quantitative estimate of drug-likeness (QED) is 0.644. The highest BCUT2D eigenvalue weighted by atomic mass is 16.1. The summed E-state index contributed by atoms with van der Waals surface area (Å²) < 4.78 is 1.30. The number of rotatable bonds is 0. The summed E-state index contributed by atoms with van der Waals surface area (Å²) >= 11 is 0. The largest absolute Gasteiger partial charge is 0.343 e. The fourth-order valence-electron chi connectivity index (χ4n) is 2.21. The van der Waals surface area contributed by atoms with Gasteiger partial charge in [0.1, 0.15) is 5.65 Å². The van der Waals surface area contributed by atoms with Crippen LogP contribution in [-0.2, 0) is 12.8 Å². The first-order chi connectivity index (χ1) is 7.25. The van der Waals surface area contributed by atoms with Crippen molar-refractivity contribution in [1.82, 2.24) is 14.6 Å². The number of fused-ring (bicyclic) bond motifs is 2. The molecule has 0 radical (unpaired) electrons. The Morgan fingerprint density at radius 3 is 2.87 bits per heavy atom. The molecule has 0 amide bonds. The maximum Gasteiger partial charge on any atom is 0.276 e. The Balaban J connectivity index is 2.45. The third-order valence-corrected chi connectivity index (χ3v) is 2.94. The molecule has 0 saturated heterocycles. The minimum atomic E-state index is -0.245. The fourth-order valence-corrected chi connectivity index (χ4v) is 2.21. The molecule has 3 rings (SSSR count). The maximum atomic E-state index is 12.0. The van der Waals surface area contributed by atoms with Crippen LogP contribution in [0.2, 0.25) is 0 Å². The van der Waals surface area contributed by atoms with Crippen LogP contribution in [0.25, 0.3) is 5.65 Å². The summed E-state index contributed by atoms with van der Waals surface area (Å²) in [6, 6.07) is 1.41. The van der Waals surface area contributed by atoms with Gasteiger partial charge in [-0.2, -0.15) is 0 Å². The minimum absolute atomic E-state index is 0.0828. The van der Waals surface area contributed by atoms with Crippen LogP contribution in [0.5, 0.6) is 0 Å². The zero-order valence-corrected chi connectivity index (χ0v) is 8.17. The summed E-state index contributed by atoms with van der Waals surface area (Å²) in [5, 5.41) is 2.49. The van der Waals surface area contributed by atoms with E-state index in [1.807, 2.05) is 0 Å². The van der Waals surface area contributed by atoms with Gasteiger partial charge in [-0.1, -0.05) is 0 Å². The highest BCUT2D eigenvalue weighted by Crippen LogP contribution is 2.15. The molecule has 0 saturated carbocycles. The first kappa shape index (κ1) is 8.52. The Labute approximate surface area is 84.7 Å². The van der Waals surface area contributed by atoms with E-state index in [9.17, 15) is 9.59 Å². The number of nitrogens with zero attached hydrogens (tertiary/aromatic N) is 1. The van der Waals surface area contributed by atoms with Gasteiger partial charge in [-0.15, -0.1) is 0 Å². The van der Waals surface area contributed by atoms with Crippen LogP contribution >= 0.6 is 0 Å². The van der Waals surface area contributed by atoms with Gasteiger partial charge in [0.05, 0.1) is 0 Å². The number of aromatic nitrogens is 3. The number of hydrogen-bond donors (Lipinski definition) is 2. The van der Waals surface area contributed by atoms with Crippen molar-refractivity contribution in [2.75, 3.05) is 0 Å². The molecule has 2 heterocycles. The molecule has 5 nitrogen and oxygen atoms in total. The predicted octanol–water partition coefficient (Wildman–Crippen LogP) is 0.195. The molecule has 0 bridgehead atoms. The van der Waals surface area contributed by atoms with Gasteiger partial charge in [-0.25, -0.2) is 4.52 Å². The van der Waals surface area contributed by atoms with Gasteiger partial charge in [-0.05, 0) is 25.7 Å². The Kier molecular flexibility index (Phi) is 1.62. The fraction of sp³-hybridized carbons (Fsp3) is 0.400. The summed E-state index contributed by atoms with van der Waals surface area (Å²) in [4.78, 5) is 26.2. The number of H-pyrrole nitrogens is 2. The van der Waals surface area contributed by atoms with E-state index in [0.717, 1.165) is 36.9 Å². The Morgan fingerprint density at radius 2 is 2.00 bits per heavy atom. The van der Waals surface area contributed by atoms with Crippen molar-refractivity contribution >= 4 is 5.65 Å². The first-order valence-electron chi connectivity index (χ1n) is 5.11. The second kappa shape index (κ2) is 2.85. The zero-order chi connectivity index (χ0) is 10.4. The molecule has 0 aliphatic heterocycles. The van der Waals surface area contributed by atoms with E-state index in [1.54, 1.807) is 0 Å². The van der Waals surface area contributed by atoms with Crippen molar-refractivity contribution < 1.29 is 0 Å². The highest BCUT2D eigenvalue weighted by Gasteiger charge is 2.15. The third-order valence-electron chi connectivity index (χ3n) is 2.94. The molecular formula is C10H11N3O2. The number of aryl methyl sites for hydroxylation is 1. The summed E-state index contributed by atoms with van der Waals surface area (Å²) in [5.74, 6) is 0. The van der Waals surface area contributed by atoms with Gasteiger partial charge in [0.25, 0.3) is 11.1 Å². The van der Waals surface area contributed by atoms with E-state index in [-0.39, 0.29) is 11.1 Å². The molecule has 78 valence electrons. The lowest BCUT2D eigenvalue weighted by atomic mass is 9.97. The second-order valence-corrected chi connectivity index (χ2v) is 3.94. The van der Waals surface area contributed by atoms with Gasteiger partial charge in [0, 0.05) is 17.3 Å². The summed E-state index contributed by atoms with van der Waals surface area (Å²) in [5.41, 5.74) is 2.04. The second-order valence-electron chi connectivity index (χ2n) is 3.94. The average Bonchev–Trinajstić information content (AvgIpc) is 2.59. The Hall–Kier alpha value is -1.78. The van der Waals surface area contributed by atoms with E-state index in [2.05, 4.69) is 10.1 Å². The lowest BCUT2D eigenvalue weighted by Gasteiger charge is -2.14. The minimum Gasteiger partial charge on any atom is -0.343 e. The summed E-state index contributed by atoms with van der Waals surface area (Å²) in [6.45, 7) is 0. The zero-order valence-electron chi connectivity index (χ0n) is 8.17. The smallest absolute Gasteiger partial charge is 0.276 e. The molecule has 0 atom stereocenters. The lowest BCUT2D eigenvalue weighted by Crippen LogP contribution is -2.25. The summed E-state index contributed by atoms with van der Waals surface area (Å²) in [6.07, 6.45) is 3.86. The third kappa shape index (κ3) is 1.16. The molecule has 2 aromatic heterocycles. The molecule has 0 spiro atoms. The SMILES string of the molecule is O=c1cc2[nH]c3c(c(=O)n2[nH]1)CCCC3. The van der Waals surface area contributed by atoms with Crippen LogP contribution in [-0.4, -0.2) is 14.6 Å². The molecule has 2 N–H and O–H groups in total. The molecule has 0 fully saturated rings. The monoisotopic (exact) mass is 205 g/mol. The van der Waals surface area contributed by atoms with Crippen molar-refractivity contribution in [1.29, 1.82) is 0 Å². The Morgan fingerprint density at radius 1 is 1.20 bits per heavy atom. The van der Waals surface area contributed by atoms with Crippen LogP contribution in [0.15, 0.2) is 15.7 Å². The van der Waals surface area contributed by atoms with Crippen LogP contribution in [0.3, 0.4) is 0 Å². The average molecular weight is 205 g/mol. The van der Waals surface area contributed by atoms with Gasteiger partial charge >= 0.3 is 0 Å². The summed E-state index contributed by atoms with van der Waals surface area (Å²) in [7, 11) is 0. The molecule has 15 heavy (non-hydrogen) atoms. The molecular weight excluding hydrogens is 194 g/mol. The van der Waals surface area contributed by atoms with E-state index in [0.29, 0.717) is 5.65 Å². The van der Waals surface area contributed by atoms with E-state index >= 15 is 0 Å². The molecule has 0 aromatic carbocycles. The van der Waals surface area contributed by atoms with Gasteiger partial charge < -0.3 is 4.98 Å². The van der Waals surface area contributed by atoms with Gasteiger partial charge in [0.2, 0.25) is 0 Å². The normalized spacial score (nSPS) is 15.5. The lowest BCUT2D eigenvalue weighted by molar-refractivity contribution is 0.651.